The van der Waals surface area contributed by atoms with Crippen LogP contribution in [0.3, 0.4) is 0 Å². The van der Waals surface area contributed by atoms with Crippen molar-refractivity contribution in [2.45, 2.75) is 4.90 Å². The van der Waals surface area contributed by atoms with Gasteiger partial charge in [0.05, 0.1) is 5.56 Å². The molecule has 0 amide bonds. The number of carboxylic acids is 1. The Kier molecular flexibility index (Phi) is 3.96. The van der Waals surface area contributed by atoms with Crippen LogP contribution in [0.15, 0.2) is 53.4 Å². The Bertz CT molecular complexity index is 741. The van der Waals surface area contributed by atoms with Gasteiger partial charge in [-0.2, -0.15) is 0 Å². The van der Waals surface area contributed by atoms with Crippen LogP contribution in [0, 0.1) is 0 Å². The van der Waals surface area contributed by atoms with Crippen molar-refractivity contribution in [3.05, 3.63) is 54.1 Å². The van der Waals surface area contributed by atoms with Gasteiger partial charge in [-0.1, -0.05) is 18.2 Å². The predicted molar refractivity (Wildman–Crippen MR) is 73.0 cm³/mol. The molecule has 0 fully saturated rings. The van der Waals surface area contributed by atoms with Crippen LogP contribution in [0.5, 0.6) is 11.5 Å². The number of benzene rings is 2. The highest BCUT2D eigenvalue weighted by Crippen LogP contribution is 2.31. The zero-order valence-electron chi connectivity index (χ0n) is 9.99. The number of carbonyl (C=O) groups is 1. The summed E-state index contributed by atoms with van der Waals surface area (Å²) >= 11 is 0. The van der Waals surface area contributed by atoms with E-state index in [0.29, 0.717) is 5.75 Å². The molecule has 0 aliphatic carbocycles. The molecular weight excluding hydrogens is 304 g/mol. The molecule has 2 rings (SSSR count). The van der Waals surface area contributed by atoms with Gasteiger partial charge in [-0.3, -0.25) is 0 Å². The minimum Gasteiger partial charge on any atom is -0.478 e. The van der Waals surface area contributed by atoms with Gasteiger partial charge >= 0.3 is 5.97 Å². The first-order chi connectivity index (χ1) is 9.38. The van der Waals surface area contributed by atoms with Crippen molar-refractivity contribution in [3.8, 4) is 11.5 Å². The number of carboxylic acid groups (broad SMARTS) is 1. The maximum Gasteiger partial charge on any atom is 0.335 e. The lowest BCUT2D eigenvalue weighted by molar-refractivity contribution is 0.0696. The van der Waals surface area contributed by atoms with Crippen LogP contribution in [0.4, 0.5) is 0 Å². The fourth-order valence-corrected chi connectivity index (χ4v) is 2.51. The Hall–Kier alpha value is -2.05. The highest BCUT2D eigenvalue weighted by molar-refractivity contribution is 8.13. The zero-order valence-corrected chi connectivity index (χ0v) is 11.6. The molecule has 0 saturated heterocycles. The maximum atomic E-state index is 11.5. The second-order valence-corrected chi connectivity index (χ2v) is 6.35. The summed E-state index contributed by atoms with van der Waals surface area (Å²) in [5.74, 6) is -0.869. The quantitative estimate of drug-likeness (QED) is 0.877. The Morgan fingerprint density at radius 2 is 1.75 bits per heavy atom. The molecule has 0 radical (unpaired) electrons. The van der Waals surface area contributed by atoms with E-state index < -0.39 is 15.0 Å². The molecule has 104 valence electrons. The third-order valence-electron chi connectivity index (χ3n) is 2.42. The molecular formula is C13H9ClO5S. The van der Waals surface area contributed by atoms with Crippen molar-refractivity contribution in [3.63, 3.8) is 0 Å². The van der Waals surface area contributed by atoms with Gasteiger partial charge in [0, 0.05) is 10.7 Å². The van der Waals surface area contributed by atoms with Crippen LogP contribution in [-0.4, -0.2) is 19.5 Å². The summed E-state index contributed by atoms with van der Waals surface area (Å²) in [4.78, 5) is 10.5. The average molecular weight is 313 g/mol. The van der Waals surface area contributed by atoms with Crippen LogP contribution in [0.25, 0.3) is 0 Å². The van der Waals surface area contributed by atoms with Gasteiger partial charge in [0.2, 0.25) is 0 Å². The summed E-state index contributed by atoms with van der Waals surface area (Å²) in [5, 5.41) is 8.88. The SMILES string of the molecule is O=C(O)c1ccc(Oc2ccccc2)c(S(=O)(=O)Cl)c1. The normalized spacial score (nSPS) is 11.1. The van der Waals surface area contributed by atoms with Crippen molar-refractivity contribution in [2.75, 3.05) is 0 Å². The Labute approximate surface area is 119 Å². The largest absolute Gasteiger partial charge is 0.478 e. The molecule has 0 heterocycles. The number of ether oxygens (including phenoxy) is 1. The van der Waals surface area contributed by atoms with Gasteiger partial charge in [0.15, 0.2) is 0 Å². The van der Waals surface area contributed by atoms with E-state index in [1.807, 2.05) is 0 Å². The molecule has 5 nitrogen and oxygen atoms in total. The van der Waals surface area contributed by atoms with Gasteiger partial charge in [-0.05, 0) is 30.3 Å². The van der Waals surface area contributed by atoms with Gasteiger partial charge in [-0.25, -0.2) is 13.2 Å². The van der Waals surface area contributed by atoms with Crippen LogP contribution in [0.2, 0.25) is 0 Å². The van der Waals surface area contributed by atoms with E-state index in [-0.39, 0.29) is 16.2 Å². The van der Waals surface area contributed by atoms with Crippen LogP contribution in [-0.2, 0) is 9.05 Å². The van der Waals surface area contributed by atoms with Crippen molar-refractivity contribution in [1.82, 2.24) is 0 Å². The summed E-state index contributed by atoms with van der Waals surface area (Å²) < 4.78 is 28.4. The first-order valence-electron chi connectivity index (χ1n) is 5.43. The first-order valence-corrected chi connectivity index (χ1v) is 7.74. The second-order valence-electron chi connectivity index (χ2n) is 3.82. The number of para-hydroxylation sites is 1. The summed E-state index contributed by atoms with van der Waals surface area (Å²) in [6, 6.07) is 11.9. The molecule has 2 aromatic carbocycles. The van der Waals surface area contributed by atoms with Crippen molar-refractivity contribution < 1.29 is 23.1 Å². The molecule has 0 unspecified atom stereocenters. The molecule has 0 aromatic heterocycles. The van der Waals surface area contributed by atoms with Gasteiger partial charge in [-0.15, -0.1) is 0 Å². The number of halogens is 1. The Balaban J connectivity index is 2.50. The molecule has 0 saturated carbocycles. The maximum absolute atomic E-state index is 11.5. The van der Waals surface area contributed by atoms with E-state index in [1.54, 1.807) is 30.3 Å². The molecule has 2 aromatic rings. The Morgan fingerprint density at radius 1 is 1.10 bits per heavy atom. The minimum absolute atomic E-state index is 0.0313. The molecule has 0 bridgehead atoms. The summed E-state index contributed by atoms with van der Waals surface area (Å²) in [5.41, 5.74) is -0.190. The molecule has 0 aliphatic heterocycles. The van der Waals surface area contributed by atoms with Crippen LogP contribution < -0.4 is 4.74 Å². The third kappa shape index (κ3) is 3.28. The number of rotatable bonds is 4. The lowest BCUT2D eigenvalue weighted by Gasteiger charge is -2.09. The first kappa shape index (κ1) is 14.4. The molecule has 0 atom stereocenters. The smallest absolute Gasteiger partial charge is 0.335 e. The van der Waals surface area contributed by atoms with E-state index in [1.165, 1.54) is 12.1 Å². The summed E-state index contributed by atoms with van der Waals surface area (Å²) in [7, 11) is 1.18. The summed E-state index contributed by atoms with van der Waals surface area (Å²) in [6.07, 6.45) is 0. The molecule has 0 aliphatic rings. The molecule has 1 N–H and O–H groups in total. The van der Waals surface area contributed by atoms with Crippen molar-refractivity contribution >= 4 is 25.7 Å². The average Bonchev–Trinajstić information content (AvgIpc) is 2.39. The molecule has 0 spiro atoms. The van der Waals surface area contributed by atoms with E-state index in [4.69, 9.17) is 20.5 Å². The van der Waals surface area contributed by atoms with E-state index >= 15 is 0 Å². The minimum atomic E-state index is -4.13. The highest BCUT2D eigenvalue weighted by atomic mass is 35.7. The van der Waals surface area contributed by atoms with E-state index in [0.717, 1.165) is 6.07 Å². The van der Waals surface area contributed by atoms with Crippen molar-refractivity contribution in [2.24, 2.45) is 0 Å². The topological polar surface area (TPSA) is 80.7 Å². The van der Waals surface area contributed by atoms with Gasteiger partial charge in [0.25, 0.3) is 9.05 Å². The zero-order chi connectivity index (χ0) is 14.8. The molecule has 20 heavy (non-hydrogen) atoms. The lowest BCUT2D eigenvalue weighted by Crippen LogP contribution is -2.01. The fourth-order valence-electron chi connectivity index (χ4n) is 1.53. The highest BCUT2D eigenvalue weighted by Gasteiger charge is 2.20. The van der Waals surface area contributed by atoms with Crippen LogP contribution in [0.1, 0.15) is 10.4 Å². The predicted octanol–water partition coefficient (Wildman–Crippen LogP) is 3.10. The number of aromatic carboxylic acids is 1. The number of hydrogen-bond acceptors (Lipinski definition) is 4. The van der Waals surface area contributed by atoms with E-state index in [2.05, 4.69) is 0 Å². The monoisotopic (exact) mass is 312 g/mol. The van der Waals surface area contributed by atoms with E-state index in [9.17, 15) is 13.2 Å². The second kappa shape index (κ2) is 5.52. The van der Waals surface area contributed by atoms with Crippen LogP contribution >= 0.6 is 10.7 Å². The lowest BCUT2D eigenvalue weighted by atomic mass is 10.2. The third-order valence-corrected chi connectivity index (χ3v) is 3.77. The van der Waals surface area contributed by atoms with Gasteiger partial charge in [0.1, 0.15) is 16.4 Å². The van der Waals surface area contributed by atoms with Gasteiger partial charge < -0.3 is 9.84 Å². The van der Waals surface area contributed by atoms with Crippen molar-refractivity contribution in [1.29, 1.82) is 0 Å². The fraction of sp³-hybridized carbons (Fsp3) is 0. The standard InChI is InChI=1S/C13H9ClO5S/c14-20(17,18)12-8-9(13(15)16)6-7-11(12)19-10-4-2-1-3-5-10/h1-8H,(H,15,16). The molecule has 7 heteroatoms. The summed E-state index contributed by atoms with van der Waals surface area (Å²) in [6.45, 7) is 0. The Morgan fingerprint density at radius 3 is 2.30 bits per heavy atom. The number of hydrogen-bond donors (Lipinski definition) is 1.